The van der Waals surface area contributed by atoms with Crippen LogP contribution < -0.4 is 0 Å². The molecule has 3 aromatic carbocycles. The molecule has 0 radical (unpaired) electrons. The Morgan fingerprint density at radius 2 is 1.34 bits per heavy atom. The van der Waals surface area contributed by atoms with Crippen molar-refractivity contribution in [1.82, 2.24) is 30.1 Å². The van der Waals surface area contributed by atoms with E-state index in [1.165, 1.54) is 17.2 Å². The standard InChI is InChI=1S/C35H36N8O4/c1-23-31(34-37-29(39-46-34)21-41(3)19-25-12-7-5-8-13-25)33(27-16-11-17-28(18-27)43(44)45)32(24(2)36-23)35-38-30(40-47-35)22-42(4)20-26-14-9-6-10-15-26/h5-18,31,33H,19-22H2,1-4H3. The Balaban J connectivity index is 1.31. The highest BCUT2D eigenvalue weighted by Crippen LogP contribution is 2.48. The number of hydrogen-bond acceptors (Lipinski definition) is 11. The third kappa shape index (κ3) is 7.40. The van der Waals surface area contributed by atoms with Crippen LogP contribution in [0.1, 0.15) is 65.8 Å². The summed E-state index contributed by atoms with van der Waals surface area (Å²) < 4.78 is 11.8. The molecule has 0 amide bonds. The molecular formula is C35H36N8O4. The van der Waals surface area contributed by atoms with Crippen molar-refractivity contribution < 1.29 is 14.0 Å². The maximum Gasteiger partial charge on any atom is 0.269 e. The zero-order valence-corrected chi connectivity index (χ0v) is 26.8. The van der Waals surface area contributed by atoms with Gasteiger partial charge in [0.25, 0.3) is 11.6 Å². The minimum atomic E-state index is -0.521. The molecule has 240 valence electrons. The van der Waals surface area contributed by atoms with E-state index in [0.29, 0.717) is 59.9 Å². The van der Waals surface area contributed by atoms with Crippen LogP contribution in [0.15, 0.2) is 105 Å². The molecule has 0 saturated heterocycles. The van der Waals surface area contributed by atoms with Gasteiger partial charge in [0.1, 0.15) is 0 Å². The van der Waals surface area contributed by atoms with E-state index in [4.69, 9.17) is 24.0 Å². The molecule has 0 fully saturated rings. The predicted molar refractivity (Wildman–Crippen MR) is 176 cm³/mol. The van der Waals surface area contributed by atoms with E-state index in [-0.39, 0.29) is 5.69 Å². The quantitative estimate of drug-likeness (QED) is 0.112. The normalized spacial score (nSPS) is 16.6. The minimum absolute atomic E-state index is 0.0269. The van der Waals surface area contributed by atoms with E-state index >= 15 is 0 Å². The average Bonchev–Trinajstić information content (AvgIpc) is 3.71. The van der Waals surface area contributed by atoms with Crippen LogP contribution in [0, 0.1) is 10.1 Å². The van der Waals surface area contributed by atoms with Crippen molar-refractivity contribution in [3.8, 4) is 0 Å². The van der Waals surface area contributed by atoms with Crippen LogP contribution in [0.5, 0.6) is 0 Å². The fourth-order valence-electron chi connectivity index (χ4n) is 6.10. The first kappa shape index (κ1) is 31.6. The van der Waals surface area contributed by atoms with E-state index < -0.39 is 16.8 Å². The second kappa shape index (κ2) is 14.0. The number of nitrogens with zero attached hydrogens (tertiary/aromatic N) is 8. The Morgan fingerprint density at radius 1 is 0.745 bits per heavy atom. The lowest BCUT2D eigenvalue weighted by atomic mass is 9.75. The van der Waals surface area contributed by atoms with E-state index in [2.05, 4.69) is 44.4 Å². The molecule has 2 aromatic heterocycles. The SMILES string of the molecule is CC1=NC(C)=C(c2nc(CN(C)Cc3ccccc3)no2)C(c2cccc([N+](=O)[O-])c2)C1c1nc(CN(C)Cc2ccccc2)no1. The molecule has 0 saturated carbocycles. The number of allylic oxidation sites excluding steroid dienone is 2. The third-order valence-corrected chi connectivity index (χ3v) is 8.13. The van der Waals surface area contributed by atoms with Crippen LogP contribution >= 0.6 is 0 Å². The summed E-state index contributed by atoms with van der Waals surface area (Å²) in [7, 11) is 3.99. The van der Waals surface area contributed by atoms with Gasteiger partial charge < -0.3 is 9.05 Å². The summed E-state index contributed by atoms with van der Waals surface area (Å²) >= 11 is 0. The van der Waals surface area contributed by atoms with Gasteiger partial charge in [0.05, 0.1) is 23.9 Å². The lowest BCUT2D eigenvalue weighted by Crippen LogP contribution is -2.25. The van der Waals surface area contributed by atoms with Crippen molar-refractivity contribution in [1.29, 1.82) is 0 Å². The van der Waals surface area contributed by atoms with Gasteiger partial charge in [0.15, 0.2) is 11.6 Å². The van der Waals surface area contributed by atoms with Crippen LogP contribution in [-0.4, -0.2) is 54.8 Å². The summed E-state index contributed by atoms with van der Waals surface area (Å²) in [4.78, 5) is 30.1. The molecule has 0 aliphatic carbocycles. The largest absolute Gasteiger partial charge is 0.339 e. The molecule has 0 bridgehead atoms. The van der Waals surface area contributed by atoms with E-state index in [0.717, 1.165) is 12.3 Å². The van der Waals surface area contributed by atoms with Crippen LogP contribution in [0.3, 0.4) is 0 Å². The van der Waals surface area contributed by atoms with Crippen molar-refractivity contribution in [2.45, 2.75) is 51.9 Å². The Bertz CT molecular complexity index is 1900. The first-order chi connectivity index (χ1) is 22.7. The summed E-state index contributed by atoms with van der Waals surface area (Å²) in [6.45, 7) is 6.14. The molecule has 3 heterocycles. The molecule has 1 aliphatic heterocycles. The first-order valence-electron chi connectivity index (χ1n) is 15.4. The number of nitro groups is 1. The lowest BCUT2D eigenvalue weighted by Gasteiger charge is -2.30. The highest BCUT2D eigenvalue weighted by molar-refractivity contribution is 5.96. The van der Waals surface area contributed by atoms with Crippen molar-refractivity contribution in [3.05, 3.63) is 141 Å². The molecule has 5 aromatic rings. The highest BCUT2D eigenvalue weighted by atomic mass is 16.6. The number of rotatable bonds is 12. The summed E-state index contributed by atoms with van der Waals surface area (Å²) in [6.07, 6.45) is 0. The van der Waals surface area contributed by atoms with Crippen molar-refractivity contribution in [2.24, 2.45) is 4.99 Å². The van der Waals surface area contributed by atoms with Gasteiger partial charge in [-0.15, -0.1) is 0 Å². The van der Waals surface area contributed by atoms with E-state index in [9.17, 15) is 10.1 Å². The maximum atomic E-state index is 11.8. The molecular weight excluding hydrogens is 596 g/mol. The number of benzene rings is 3. The summed E-state index contributed by atoms with van der Waals surface area (Å²) in [5, 5.41) is 20.4. The van der Waals surface area contributed by atoms with Gasteiger partial charge in [-0.1, -0.05) is 83.1 Å². The lowest BCUT2D eigenvalue weighted by molar-refractivity contribution is -0.384. The fraction of sp³-hybridized carbons (Fsp3) is 0.286. The summed E-state index contributed by atoms with van der Waals surface area (Å²) in [5.41, 5.74) is 5.06. The first-order valence-corrected chi connectivity index (χ1v) is 15.4. The molecule has 6 rings (SSSR count). The maximum absolute atomic E-state index is 11.8. The van der Waals surface area contributed by atoms with Gasteiger partial charge in [-0.05, 0) is 44.6 Å². The summed E-state index contributed by atoms with van der Waals surface area (Å²) in [6, 6.07) is 26.9. The zero-order valence-electron chi connectivity index (χ0n) is 26.8. The Kier molecular flexibility index (Phi) is 9.41. The zero-order chi connectivity index (χ0) is 32.9. The Labute approximate surface area is 272 Å². The second-order valence-corrected chi connectivity index (χ2v) is 11.9. The molecule has 12 heteroatoms. The number of aliphatic imine (C=N–C) groups is 1. The third-order valence-electron chi connectivity index (χ3n) is 8.13. The van der Waals surface area contributed by atoms with Gasteiger partial charge in [0, 0.05) is 48.1 Å². The Hall–Kier alpha value is -5.33. The van der Waals surface area contributed by atoms with Gasteiger partial charge in [-0.25, -0.2) is 0 Å². The molecule has 0 N–H and O–H groups in total. The number of hydrogen-bond donors (Lipinski definition) is 0. The monoisotopic (exact) mass is 632 g/mol. The second-order valence-electron chi connectivity index (χ2n) is 11.9. The van der Waals surface area contributed by atoms with Crippen LogP contribution in [0.4, 0.5) is 5.69 Å². The topological polar surface area (TPSA) is 140 Å². The van der Waals surface area contributed by atoms with Crippen molar-refractivity contribution in [2.75, 3.05) is 14.1 Å². The average molecular weight is 633 g/mol. The van der Waals surface area contributed by atoms with Crippen LogP contribution in [0.2, 0.25) is 0 Å². The Morgan fingerprint density at radius 3 is 1.96 bits per heavy atom. The van der Waals surface area contributed by atoms with E-state index in [1.807, 2.05) is 70.4 Å². The number of nitro benzene ring substituents is 1. The van der Waals surface area contributed by atoms with Crippen molar-refractivity contribution in [3.63, 3.8) is 0 Å². The van der Waals surface area contributed by atoms with Gasteiger partial charge in [-0.2, -0.15) is 9.97 Å². The smallest absolute Gasteiger partial charge is 0.269 e. The van der Waals surface area contributed by atoms with Crippen LogP contribution in [0.25, 0.3) is 5.57 Å². The summed E-state index contributed by atoms with van der Waals surface area (Å²) in [5.74, 6) is 0.661. The van der Waals surface area contributed by atoms with Crippen LogP contribution in [-0.2, 0) is 26.2 Å². The number of aromatic nitrogens is 4. The molecule has 0 spiro atoms. The van der Waals surface area contributed by atoms with E-state index in [1.54, 1.807) is 12.1 Å². The minimum Gasteiger partial charge on any atom is -0.339 e. The molecule has 47 heavy (non-hydrogen) atoms. The molecule has 2 unspecified atom stereocenters. The predicted octanol–water partition coefficient (Wildman–Crippen LogP) is 6.40. The van der Waals surface area contributed by atoms with Gasteiger partial charge in [0.2, 0.25) is 5.89 Å². The highest BCUT2D eigenvalue weighted by Gasteiger charge is 2.41. The van der Waals surface area contributed by atoms with Crippen molar-refractivity contribution >= 4 is 17.0 Å². The number of non-ortho nitro benzene ring substituents is 1. The van der Waals surface area contributed by atoms with Gasteiger partial charge in [-0.3, -0.25) is 24.9 Å². The fourth-order valence-corrected chi connectivity index (χ4v) is 6.10. The molecule has 12 nitrogen and oxygen atoms in total. The molecule has 2 atom stereocenters. The van der Waals surface area contributed by atoms with Gasteiger partial charge >= 0.3 is 0 Å². The molecule has 1 aliphatic rings.